The largest absolute Gasteiger partial charge is 0.350 e. The molecular formula is C6H6BrN3OS. The van der Waals surface area contributed by atoms with E-state index in [-0.39, 0.29) is 0 Å². The summed E-state index contributed by atoms with van der Waals surface area (Å²) in [6, 6.07) is 1.23. The van der Waals surface area contributed by atoms with Crippen molar-refractivity contribution in [1.82, 2.24) is 5.43 Å². The smallest absolute Gasteiger partial charge is 0.332 e. The Balaban J connectivity index is 2.57. The van der Waals surface area contributed by atoms with E-state index in [4.69, 9.17) is 5.73 Å². The molecule has 1 heterocycles. The van der Waals surface area contributed by atoms with Gasteiger partial charge >= 0.3 is 6.03 Å². The average molecular weight is 248 g/mol. The van der Waals surface area contributed by atoms with E-state index in [0.717, 1.165) is 9.35 Å². The zero-order valence-electron chi connectivity index (χ0n) is 5.95. The molecule has 0 spiro atoms. The van der Waals surface area contributed by atoms with Crippen LogP contribution in [0.4, 0.5) is 4.79 Å². The number of thiophene rings is 1. The van der Waals surface area contributed by atoms with Gasteiger partial charge in [-0.1, -0.05) is 0 Å². The molecule has 1 aromatic rings. The van der Waals surface area contributed by atoms with Gasteiger partial charge in [-0.25, -0.2) is 10.2 Å². The Labute approximate surface area is 81.6 Å². The number of amides is 2. The van der Waals surface area contributed by atoms with E-state index >= 15 is 0 Å². The van der Waals surface area contributed by atoms with Gasteiger partial charge in [0.1, 0.15) is 0 Å². The highest BCUT2D eigenvalue weighted by Crippen LogP contribution is 2.19. The standard InChI is InChI=1S/C6H6BrN3OS/c7-4-1-2-12-5(4)3-9-10-6(8)11/h1-3H,(H3,8,10,11)/b9-3+. The van der Waals surface area contributed by atoms with E-state index in [1.807, 2.05) is 11.4 Å². The van der Waals surface area contributed by atoms with Crippen LogP contribution in [-0.4, -0.2) is 12.2 Å². The van der Waals surface area contributed by atoms with Crippen molar-refractivity contribution in [2.45, 2.75) is 0 Å². The summed E-state index contributed by atoms with van der Waals surface area (Å²) in [5.74, 6) is 0. The molecule has 12 heavy (non-hydrogen) atoms. The third-order valence-corrected chi connectivity index (χ3v) is 2.81. The molecule has 0 atom stereocenters. The number of hydrogen-bond donors (Lipinski definition) is 2. The number of halogens is 1. The Morgan fingerprint density at radius 1 is 1.83 bits per heavy atom. The van der Waals surface area contributed by atoms with Crippen molar-refractivity contribution in [3.05, 3.63) is 20.8 Å². The first-order chi connectivity index (χ1) is 5.70. The molecule has 0 saturated heterocycles. The van der Waals surface area contributed by atoms with Crippen LogP contribution in [0.5, 0.6) is 0 Å². The molecule has 0 radical (unpaired) electrons. The van der Waals surface area contributed by atoms with E-state index in [9.17, 15) is 4.79 Å². The maximum absolute atomic E-state index is 10.2. The van der Waals surface area contributed by atoms with Crippen LogP contribution >= 0.6 is 27.3 Å². The zero-order chi connectivity index (χ0) is 8.97. The minimum Gasteiger partial charge on any atom is -0.350 e. The average Bonchev–Trinajstić information content (AvgIpc) is 2.36. The predicted octanol–water partition coefficient (Wildman–Crippen LogP) is 1.51. The van der Waals surface area contributed by atoms with Crippen molar-refractivity contribution >= 4 is 39.5 Å². The van der Waals surface area contributed by atoms with Crippen LogP contribution in [0, 0.1) is 0 Å². The molecule has 4 nitrogen and oxygen atoms in total. The molecule has 0 saturated carbocycles. The minimum atomic E-state index is -0.668. The quantitative estimate of drug-likeness (QED) is 0.604. The summed E-state index contributed by atoms with van der Waals surface area (Å²) < 4.78 is 0.947. The minimum absolute atomic E-state index is 0.668. The Morgan fingerprint density at radius 3 is 3.08 bits per heavy atom. The van der Waals surface area contributed by atoms with Crippen molar-refractivity contribution in [2.75, 3.05) is 0 Å². The molecule has 0 aliphatic heterocycles. The number of urea groups is 1. The van der Waals surface area contributed by atoms with Crippen LogP contribution in [0.1, 0.15) is 4.88 Å². The number of hydrogen-bond acceptors (Lipinski definition) is 3. The van der Waals surface area contributed by atoms with Crippen LogP contribution < -0.4 is 11.2 Å². The zero-order valence-corrected chi connectivity index (χ0v) is 8.35. The van der Waals surface area contributed by atoms with E-state index in [1.54, 1.807) is 0 Å². The number of hydrazone groups is 1. The van der Waals surface area contributed by atoms with E-state index in [0.29, 0.717) is 0 Å². The Morgan fingerprint density at radius 2 is 2.58 bits per heavy atom. The Hall–Kier alpha value is -0.880. The van der Waals surface area contributed by atoms with E-state index < -0.39 is 6.03 Å². The fraction of sp³-hybridized carbons (Fsp3) is 0. The highest BCUT2D eigenvalue weighted by Gasteiger charge is 1.96. The Kier molecular flexibility index (Phi) is 3.24. The number of carbonyl (C=O) groups is 1. The highest BCUT2D eigenvalue weighted by atomic mass is 79.9. The van der Waals surface area contributed by atoms with Gasteiger partial charge in [-0.15, -0.1) is 11.3 Å². The fourth-order valence-electron chi connectivity index (χ4n) is 0.552. The summed E-state index contributed by atoms with van der Waals surface area (Å²) in [4.78, 5) is 11.1. The third-order valence-electron chi connectivity index (χ3n) is 1.00. The van der Waals surface area contributed by atoms with Gasteiger partial charge in [0.15, 0.2) is 0 Å². The van der Waals surface area contributed by atoms with Gasteiger partial charge < -0.3 is 5.73 Å². The van der Waals surface area contributed by atoms with E-state index in [1.165, 1.54) is 17.6 Å². The lowest BCUT2D eigenvalue weighted by atomic mass is 10.5. The van der Waals surface area contributed by atoms with Crippen LogP contribution in [0.15, 0.2) is 21.0 Å². The van der Waals surface area contributed by atoms with Crippen LogP contribution in [0.3, 0.4) is 0 Å². The molecule has 0 bridgehead atoms. The molecule has 2 amide bonds. The molecule has 0 aliphatic rings. The van der Waals surface area contributed by atoms with Gasteiger partial charge in [0.25, 0.3) is 0 Å². The monoisotopic (exact) mass is 247 g/mol. The fourth-order valence-corrected chi connectivity index (χ4v) is 1.89. The van der Waals surface area contributed by atoms with Crippen LogP contribution in [0.25, 0.3) is 0 Å². The first-order valence-electron chi connectivity index (χ1n) is 3.01. The number of rotatable bonds is 2. The molecule has 0 fully saturated rings. The first-order valence-corrected chi connectivity index (χ1v) is 4.69. The highest BCUT2D eigenvalue weighted by molar-refractivity contribution is 9.10. The second kappa shape index (κ2) is 4.22. The van der Waals surface area contributed by atoms with Crippen molar-refractivity contribution in [2.24, 2.45) is 10.8 Å². The topological polar surface area (TPSA) is 67.5 Å². The summed E-state index contributed by atoms with van der Waals surface area (Å²) >= 11 is 4.82. The van der Waals surface area contributed by atoms with Gasteiger partial charge in [0.2, 0.25) is 0 Å². The molecule has 0 unspecified atom stereocenters. The van der Waals surface area contributed by atoms with Gasteiger partial charge in [0.05, 0.1) is 11.1 Å². The van der Waals surface area contributed by atoms with Crippen molar-refractivity contribution < 1.29 is 4.79 Å². The summed E-state index contributed by atoms with van der Waals surface area (Å²) in [7, 11) is 0. The molecule has 64 valence electrons. The summed E-state index contributed by atoms with van der Waals surface area (Å²) in [5.41, 5.74) is 6.90. The Bertz CT molecular complexity index is 309. The van der Waals surface area contributed by atoms with E-state index in [2.05, 4.69) is 26.5 Å². The number of nitrogens with zero attached hydrogens (tertiary/aromatic N) is 1. The lowest BCUT2D eigenvalue weighted by molar-refractivity contribution is 0.249. The number of nitrogens with two attached hydrogens (primary N) is 1. The van der Waals surface area contributed by atoms with Crippen molar-refractivity contribution in [3.63, 3.8) is 0 Å². The van der Waals surface area contributed by atoms with Crippen LogP contribution in [0.2, 0.25) is 0 Å². The summed E-state index contributed by atoms with van der Waals surface area (Å²) in [6.45, 7) is 0. The second-order valence-corrected chi connectivity index (χ2v) is 3.67. The molecular weight excluding hydrogens is 242 g/mol. The number of primary amides is 1. The van der Waals surface area contributed by atoms with Gasteiger partial charge in [0, 0.05) is 4.47 Å². The lowest BCUT2D eigenvalue weighted by Gasteiger charge is -1.89. The second-order valence-electron chi connectivity index (χ2n) is 1.87. The maximum atomic E-state index is 10.2. The SMILES string of the molecule is NC(=O)N/N=C/c1sccc1Br. The maximum Gasteiger partial charge on any atom is 0.332 e. The lowest BCUT2D eigenvalue weighted by Crippen LogP contribution is -2.24. The van der Waals surface area contributed by atoms with Crippen molar-refractivity contribution in [1.29, 1.82) is 0 Å². The van der Waals surface area contributed by atoms with Crippen molar-refractivity contribution in [3.8, 4) is 0 Å². The van der Waals surface area contributed by atoms with Gasteiger partial charge in [-0.2, -0.15) is 5.10 Å². The van der Waals surface area contributed by atoms with Gasteiger partial charge in [-0.3, -0.25) is 0 Å². The predicted molar refractivity (Wildman–Crippen MR) is 52.3 cm³/mol. The molecule has 0 aromatic carbocycles. The number of nitrogens with one attached hydrogen (secondary N) is 1. The molecule has 6 heteroatoms. The number of carbonyl (C=O) groups excluding carboxylic acids is 1. The first kappa shape index (κ1) is 9.21. The molecule has 3 N–H and O–H groups in total. The van der Waals surface area contributed by atoms with Crippen LogP contribution in [-0.2, 0) is 0 Å². The molecule has 1 aromatic heterocycles. The molecule has 0 aliphatic carbocycles. The van der Waals surface area contributed by atoms with Gasteiger partial charge in [-0.05, 0) is 27.4 Å². The summed E-state index contributed by atoms with van der Waals surface area (Å²) in [5, 5.41) is 5.52. The third kappa shape index (κ3) is 2.63. The molecule has 1 rings (SSSR count). The normalized spacial score (nSPS) is 10.4. The summed E-state index contributed by atoms with van der Waals surface area (Å²) in [6.07, 6.45) is 1.53.